The standard InChI is InChI=1S/C72H56O12/c1-9-45-13-21-49(22-14-45)73-33-61-65-53-29-54-42(6)56-31-58-44(8)60-32-59-43(7)57-30-55(41(53)5)67(79-37-77-65)62(34-74-50-23-15-46(10-2)16-24-50)69(57)81-39-83-71(59)64(36-76-52-27-19-48(12-4)20-28-52)72(60)84-40-82-70(58)63(68(56)80-38-78-66(54)61)35-75-51-25-17-47(11-3)18-26-51/h1-4,13-32,41-44H,33-40H2,5-8H3. The van der Waals surface area contributed by atoms with Crippen LogP contribution in [0.3, 0.4) is 0 Å². The minimum atomic E-state index is -0.388. The van der Waals surface area contributed by atoms with Gasteiger partial charge in [0.15, 0.2) is 0 Å². The van der Waals surface area contributed by atoms with Crippen molar-refractivity contribution in [2.45, 2.75) is 77.8 Å². The van der Waals surface area contributed by atoms with Gasteiger partial charge in [-0.3, -0.25) is 0 Å². The average molecular weight is 1110 g/mol. The Morgan fingerprint density at radius 2 is 0.464 bits per heavy atom. The van der Waals surface area contributed by atoms with Gasteiger partial charge in [-0.1, -0.05) is 51.4 Å². The molecule has 0 radical (unpaired) electrons. The zero-order valence-electron chi connectivity index (χ0n) is 46.7. The summed E-state index contributed by atoms with van der Waals surface area (Å²) in [5.41, 5.74) is 12.7. The van der Waals surface area contributed by atoms with Crippen LogP contribution in [0.4, 0.5) is 0 Å². The monoisotopic (exact) mass is 1110 g/mol. The van der Waals surface area contributed by atoms with Gasteiger partial charge in [0.25, 0.3) is 0 Å². The predicted octanol–water partition coefficient (Wildman–Crippen LogP) is 13.8. The maximum atomic E-state index is 6.88. The first-order valence-electron chi connectivity index (χ1n) is 27.7. The summed E-state index contributed by atoms with van der Waals surface area (Å²) < 4.78 is 81.7. The normalized spacial score (nSPS) is 17.0. The molecule has 4 aliphatic heterocycles. The van der Waals surface area contributed by atoms with Gasteiger partial charge in [-0.15, -0.1) is 25.7 Å². The topological polar surface area (TPSA) is 111 Å². The van der Waals surface area contributed by atoms with E-state index in [0.29, 0.717) is 91.2 Å². The van der Waals surface area contributed by atoms with E-state index in [-0.39, 0.29) is 77.3 Å². The Morgan fingerprint density at radius 3 is 0.619 bits per heavy atom. The smallest absolute Gasteiger partial charge is 0.230 e. The minimum Gasteiger partial charge on any atom is -0.489 e. The van der Waals surface area contributed by atoms with Crippen LogP contribution < -0.4 is 56.8 Å². The first kappa shape index (κ1) is 52.9. The van der Waals surface area contributed by atoms with E-state index in [4.69, 9.17) is 82.5 Å². The lowest BCUT2D eigenvalue weighted by Gasteiger charge is -2.36. The van der Waals surface area contributed by atoms with E-state index in [0.717, 1.165) is 66.8 Å². The molecule has 0 fully saturated rings. The molecular formula is C72H56O12. The Morgan fingerprint density at radius 1 is 0.298 bits per heavy atom. The van der Waals surface area contributed by atoms with Gasteiger partial charge in [0.05, 0.1) is 22.3 Å². The third-order valence-electron chi connectivity index (χ3n) is 16.5. The zero-order chi connectivity index (χ0) is 57.6. The molecule has 0 saturated heterocycles. The summed E-state index contributed by atoms with van der Waals surface area (Å²) in [5, 5.41) is 0. The lowest BCUT2D eigenvalue weighted by atomic mass is 9.78. The minimum absolute atomic E-state index is 0.0573. The quantitative estimate of drug-likeness (QED) is 0.109. The van der Waals surface area contributed by atoms with Crippen molar-refractivity contribution >= 4 is 0 Å². The van der Waals surface area contributed by atoms with Crippen molar-refractivity contribution < 1.29 is 56.8 Å². The van der Waals surface area contributed by atoms with Crippen LogP contribution in [0.15, 0.2) is 121 Å². The summed E-state index contributed by atoms with van der Waals surface area (Å²) in [5.74, 6) is 16.1. The van der Waals surface area contributed by atoms with Crippen LogP contribution in [0.1, 0.15) is 140 Å². The Bertz CT molecular complexity index is 3430. The Hall–Kier alpha value is -10.4. The van der Waals surface area contributed by atoms with E-state index >= 15 is 0 Å². The predicted molar refractivity (Wildman–Crippen MR) is 315 cm³/mol. The number of ether oxygens (including phenoxy) is 12. The van der Waals surface area contributed by atoms with Gasteiger partial charge in [0.1, 0.15) is 95.4 Å². The fraction of sp³-hybridized carbons (Fsp3) is 0.222. The largest absolute Gasteiger partial charge is 0.489 e. The molecule has 12 heteroatoms. The summed E-state index contributed by atoms with van der Waals surface area (Å²) in [6.45, 7) is 8.11. The lowest BCUT2D eigenvalue weighted by molar-refractivity contribution is 0.0902. The van der Waals surface area contributed by atoms with Crippen LogP contribution in [0.2, 0.25) is 0 Å². The van der Waals surface area contributed by atoms with E-state index < -0.39 is 0 Å². The maximum Gasteiger partial charge on any atom is 0.230 e. The third kappa shape index (κ3) is 9.52. The highest BCUT2D eigenvalue weighted by molar-refractivity contribution is 5.69. The molecule has 0 spiro atoms. The lowest BCUT2D eigenvalue weighted by Crippen LogP contribution is -2.25. The number of hydrogen-bond donors (Lipinski definition) is 0. The Kier molecular flexibility index (Phi) is 14.0. The van der Waals surface area contributed by atoms with Crippen LogP contribution in [0.5, 0.6) is 69.0 Å². The molecule has 8 bridgehead atoms. The van der Waals surface area contributed by atoms with Gasteiger partial charge in [-0.2, -0.15) is 0 Å². The second kappa shape index (κ2) is 22.2. The number of rotatable bonds is 12. The van der Waals surface area contributed by atoms with Gasteiger partial charge < -0.3 is 56.8 Å². The second-order valence-electron chi connectivity index (χ2n) is 21.1. The molecule has 12 nitrogen and oxygen atoms in total. The molecule has 13 rings (SSSR count). The van der Waals surface area contributed by atoms with Crippen LogP contribution in [-0.4, -0.2) is 27.2 Å². The van der Waals surface area contributed by atoms with E-state index in [2.05, 4.69) is 75.6 Å². The van der Waals surface area contributed by atoms with Crippen molar-refractivity contribution in [1.82, 2.24) is 0 Å². The van der Waals surface area contributed by atoms with Crippen LogP contribution >= 0.6 is 0 Å². The molecule has 416 valence electrons. The summed E-state index contributed by atoms with van der Waals surface area (Å²) in [6, 6.07) is 38.4. The fourth-order valence-corrected chi connectivity index (χ4v) is 11.9. The van der Waals surface area contributed by atoms with Crippen molar-refractivity contribution in [2.75, 3.05) is 27.2 Å². The van der Waals surface area contributed by atoms with E-state index in [1.165, 1.54) is 0 Å². The van der Waals surface area contributed by atoms with E-state index in [1.807, 2.05) is 97.1 Å². The highest BCUT2D eigenvalue weighted by Gasteiger charge is 2.40. The van der Waals surface area contributed by atoms with E-state index in [1.54, 1.807) is 0 Å². The molecule has 0 unspecified atom stereocenters. The van der Waals surface area contributed by atoms with E-state index in [9.17, 15) is 0 Å². The SMILES string of the molecule is C#Cc1ccc(OCc2c3c4cc5c2OCOc2c(cc6c(c2COc2ccc(C#C)cc2)OCOc2c(cc7c(c2COc2ccc(C#C)cc2)OCOc2c(cc(c(c2COc2ccc(C#C)cc2)OCO3)C4C)C7C)C6C)C5C)cc1. The van der Waals surface area contributed by atoms with Gasteiger partial charge in [0, 0.05) is 90.4 Å². The summed E-state index contributed by atoms with van der Waals surface area (Å²) >= 11 is 0. The molecule has 0 saturated carbocycles. The molecular weight excluding hydrogens is 1060 g/mol. The maximum absolute atomic E-state index is 6.88. The number of terminal acetylenes is 4. The second-order valence-corrected chi connectivity index (χ2v) is 21.1. The molecule has 5 aliphatic rings. The summed E-state index contributed by atoms with van der Waals surface area (Å²) in [7, 11) is 0. The molecule has 0 atom stereocenters. The van der Waals surface area contributed by atoms with Crippen LogP contribution in [-0.2, 0) is 26.4 Å². The summed E-state index contributed by atoms with van der Waals surface area (Å²) in [6.07, 6.45) is 23.0. The van der Waals surface area contributed by atoms with Crippen molar-refractivity contribution in [3.05, 3.63) is 210 Å². The molecule has 8 aromatic rings. The molecule has 1 aliphatic carbocycles. The first-order valence-corrected chi connectivity index (χ1v) is 27.7. The molecule has 0 N–H and O–H groups in total. The van der Waals surface area contributed by atoms with Gasteiger partial charge in [-0.25, -0.2) is 0 Å². The third-order valence-corrected chi connectivity index (χ3v) is 16.5. The fourth-order valence-electron chi connectivity index (χ4n) is 11.9. The zero-order valence-corrected chi connectivity index (χ0v) is 46.7. The van der Waals surface area contributed by atoms with Crippen LogP contribution in [0.25, 0.3) is 0 Å². The molecule has 8 aromatic carbocycles. The molecule has 4 heterocycles. The van der Waals surface area contributed by atoms with Crippen LogP contribution in [0, 0.1) is 49.4 Å². The van der Waals surface area contributed by atoms with Crippen molar-refractivity contribution in [1.29, 1.82) is 0 Å². The molecule has 0 aromatic heterocycles. The highest BCUT2D eigenvalue weighted by Crippen LogP contribution is 2.57. The van der Waals surface area contributed by atoms with Gasteiger partial charge in [0.2, 0.25) is 27.2 Å². The molecule has 0 amide bonds. The van der Waals surface area contributed by atoms with Gasteiger partial charge >= 0.3 is 0 Å². The van der Waals surface area contributed by atoms with Crippen molar-refractivity contribution in [2.24, 2.45) is 0 Å². The highest BCUT2D eigenvalue weighted by atomic mass is 16.7. The first-order chi connectivity index (χ1) is 41.1. The van der Waals surface area contributed by atoms with Crippen molar-refractivity contribution in [3.8, 4) is 118 Å². The number of hydrogen-bond acceptors (Lipinski definition) is 12. The van der Waals surface area contributed by atoms with Gasteiger partial charge in [-0.05, 0) is 121 Å². The summed E-state index contributed by atoms with van der Waals surface area (Å²) in [4.78, 5) is 0. The molecule has 84 heavy (non-hydrogen) atoms. The average Bonchev–Trinajstić information content (AvgIpc) is 1.58. The number of benzene rings is 8. The Balaban J connectivity index is 1.07. The van der Waals surface area contributed by atoms with Crippen molar-refractivity contribution in [3.63, 3.8) is 0 Å². The Labute approximate surface area is 488 Å².